The summed E-state index contributed by atoms with van der Waals surface area (Å²) < 4.78 is 1.25. The molecule has 3 heterocycles. The van der Waals surface area contributed by atoms with E-state index in [2.05, 4.69) is 15.1 Å². The lowest BCUT2D eigenvalue weighted by molar-refractivity contribution is 0.817. The van der Waals surface area contributed by atoms with Crippen molar-refractivity contribution in [3.05, 3.63) is 57.2 Å². The molecule has 20 heavy (non-hydrogen) atoms. The molecule has 0 aromatic carbocycles. The van der Waals surface area contributed by atoms with Crippen LogP contribution < -0.4 is 5.56 Å². The zero-order chi connectivity index (χ0) is 14.1. The maximum Gasteiger partial charge on any atom is 0.282 e. The number of hydrogen-bond acceptors (Lipinski definition) is 5. The number of nitrogens with zero attached hydrogens (tertiary/aromatic N) is 4. The fraction of sp³-hybridized carbons (Fsp3) is 0.143. The molecule has 0 bridgehead atoms. The van der Waals surface area contributed by atoms with E-state index in [0.29, 0.717) is 11.1 Å². The molecule has 3 aromatic heterocycles. The summed E-state index contributed by atoms with van der Waals surface area (Å²) in [6.07, 6.45) is 4.67. The Morgan fingerprint density at radius 1 is 1.30 bits per heavy atom. The van der Waals surface area contributed by atoms with Gasteiger partial charge in [-0.25, -0.2) is 4.98 Å². The molecular formula is C14H12N4OS. The second-order valence-corrected chi connectivity index (χ2v) is 5.56. The van der Waals surface area contributed by atoms with E-state index in [1.165, 1.54) is 22.3 Å². The Balaban J connectivity index is 2.09. The van der Waals surface area contributed by atoms with E-state index >= 15 is 0 Å². The van der Waals surface area contributed by atoms with Crippen molar-refractivity contribution in [2.45, 2.75) is 13.8 Å². The summed E-state index contributed by atoms with van der Waals surface area (Å²) in [5, 5.41) is 4.78. The number of aryl methyl sites for hydroxylation is 2. The molecule has 100 valence electrons. The van der Waals surface area contributed by atoms with Crippen LogP contribution >= 0.6 is 11.3 Å². The summed E-state index contributed by atoms with van der Waals surface area (Å²) in [5.74, 6) is 0. The van der Waals surface area contributed by atoms with Crippen molar-refractivity contribution in [1.82, 2.24) is 14.6 Å². The van der Waals surface area contributed by atoms with Crippen LogP contribution in [-0.2, 0) is 0 Å². The molecule has 0 N–H and O–H groups in total. The maximum absolute atomic E-state index is 12.4. The van der Waals surface area contributed by atoms with Crippen molar-refractivity contribution in [2.24, 2.45) is 5.10 Å². The van der Waals surface area contributed by atoms with Gasteiger partial charge in [-0.1, -0.05) is 6.07 Å². The maximum atomic E-state index is 12.4. The lowest BCUT2D eigenvalue weighted by Gasteiger charge is -1.98. The molecule has 5 nitrogen and oxygen atoms in total. The average Bonchev–Trinajstić information content (AvgIpc) is 2.75. The van der Waals surface area contributed by atoms with Crippen LogP contribution in [0, 0.1) is 13.8 Å². The largest absolute Gasteiger partial charge is 0.282 e. The summed E-state index contributed by atoms with van der Waals surface area (Å²) in [5.41, 5.74) is 1.52. The van der Waals surface area contributed by atoms with Crippen LogP contribution in [0.2, 0.25) is 0 Å². The zero-order valence-corrected chi connectivity index (χ0v) is 11.9. The Morgan fingerprint density at radius 3 is 2.90 bits per heavy atom. The SMILES string of the molecule is Cc1sc2ncn(/N=C\c3ccccn3)c(=O)c2c1C. The van der Waals surface area contributed by atoms with Crippen LogP contribution in [0.25, 0.3) is 10.2 Å². The number of aromatic nitrogens is 3. The third-order valence-electron chi connectivity index (χ3n) is 3.08. The molecular weight excluding hydrogens is 272 g/mol. The lowest BCUT2D eigenvalue weighted by Crippen LogP contribution is -2.17. The van der Waals surface area contributed by atoms with Crippen LogP contribution in [0.15, 0.2) is 40.6 Å². The van der Waals surface area contributed by atoms with Gasteiger partial charge in [0.1, 0.15) is 11.2 Å². The van der Waals surface area contributed by atoms with Crippen molar-refractivity contribution in [1.29, 1.82) is 0 Å². The van der Waals surface area contributed by atoms with Gasteiger partial charge in [0.25, 0.3) is 5.56 Å². The molecule has 0 radical (unpaired) electrons. The molecule has 0 spiro atoms. The van der Waals surface area contributed by atoms with Crippen LogP contribution in [0.4, 0.5) is 0 Å². The van der Waals surface area contributed by atoms with Gasteiger partial charge < -0.3 is 0 Å². The van der Waals surface area contributed by atoms with Gasteiger partial charge in [0, 0.05) is 11.1 Å². The molecule has 6 heteroatoms. The Morgan fingerprint density at radius 2 is 2.15 bits per heavy atom. The number of fused-ring (bicyclic) bond motifs is 1. The summed E-state index contributed by atoms with van der Waals surface area (Å²) in [6.45, 7) is 3.92. The predicted octanol–water partition coefficient (Wildman–Crippen LogP) is 2.35. The van der Waals surface area contributed by atoms with E-state index in [1.54, 1.807) is 12.4 Å². The minimum atomic E-state index is -0.149. The summed E-state index contributed by atoms with van der Waals surface area (Å²) in [6, 6.07) is 5.51. The van der Waals surface area contributed by atoms with Crippen LogP contribution in [-0.4, -0.2) is 20.9 Å². The summed E-state index contributed by atoms with van der Waals surface area (Å²) >= 11 is 1.53. The van der Waals surface area contributed by atoms with Gasteiger partial charge in [0.15, 0.2) is 0 Å². The molecule has 0 saturated heterocycles. The number of thiophene rings is 1. The van der Waals surface area contributed by atoms with E-state index in [1.807, 2.05) is 32.0 Å². The minimum absolute atomic E-state index is 0.149. The standard InChI is InChI=1S/C14H12N4OS/c1-9-10(2)20-13-12(9)14(19)18(8-16-13)17-7-11-5-3-4-6-15-11/h3-8H,1-2H3/b17-7-. The quantitative estimate of drug-likeness (QED) is 0.679. The highest BCUT2D eigenvalue weighted by Gasteiger charge is 2.11. The highest BCUT2D eigenvalue weighted by Crippen LogP contribution is 2.25. The van der Waals surface area contributed by atoms with Crippen molar-refractivity contribution in [2.75, 3.05) is 0 Å². The molecule has 0 amide bonds. The van der Waals surface area contributed by atoms with Crippen molar-refractivity contribution < 1.29 is 0 Å². The topological polar surface area (TPSA) is 60.1 Å². The van der Waals surface area contributed by atoms with Crippen molar-refractivity contribution in [3.63, 3.8) is 0 Å². The fourth-order valence-corrected chi connectivity index (χ4v) is 2.87. The second-order valence-electron chi connectivity index (χ2n) is 4.36. The molecule has 0 aliphatic rings. The minimum Gasteiger partial charge on any atom is -0.267 e. The molecule has 0 atom stereocenters. The Bertz CT molecular complexity index is 849. The van der Waals surface area contributed by atoms with Gasteiger partial charge >= 0.3 is 0 Å². The number of rotatable bonds is 2. The van der Waals surface area contributed by atoms with E-state index in [0.717, 1.165) is 15.3 Å². The lowest BCUT2D eigenvalue weighted by atomic mass is 10.2. The fourth-order valence-electron chi connectivity index (χ4n) is 1.88. The van der Waals surface area contributed by atoms with Gasteiger partial charge in [0.2, 0.25) is 0 Å². The van der Waals surface area contributed by atoms with Gasteiger partial charge in [0.05, 0.1) is 17.3 Å². The van der Waals surface area contributed by atoms with Crippen molar-refractivity contribution in [3.8, 4) is 0 Å². The first-order valence-electron chi connectivity index (χ1n) is 6.09. The highest BCUT2D eigenvalue weighted by atomic mass is 32.1. The molecule has 0 saturated carbocycles. The smallest absolute Gasteiger partial charge is 0.267 e. The third-order valence-corrected chi connectivity index (χ3v) is 4.19. The van der Waals surface area contributed by atoms with Crippen LogP contribution in [0.3, 0.4) is 0 Å². The second kappa shape index (κ2) is 4.97. The molecule has 0 aliphatic carbocycles. The molecule has 3 aromatic rings. The highest BCUT2D eigenvalue weighted by molar-refractivity contribution is 7.18. The summed E-state index contributed by atoms with van der Waals surface area (Å²) in [7, 11) is 0. The molecule has 0 aliphatic heterocycles. The van der Waals surface area contributed by atoms with E-state index in [9.17, 15) is 4.79 Å². The monoisotopic (exact) mass is 284 g/mol. The normalized spacial score (nSPS) is 11.5. The van der Waals surface area contributed by atoms with E-state index < -0.39 is 0 Å². The Kier molecular flexibility index (Phi) is 3.15. The number of pyridine rings is 1. The van der Waals surface area contributed by atoms with Gasteiger partial charge in [-0.15, -0.1) is 11.3 Å². The summed E-state index contributed by atoms with van der Waals surface area (Å²) in [4.78, 5) is 22.7. The first-order chi connectivity index (χ1) is 9.66. The van der Waals surface area contributed by atoms with Gasteiger partial charge in [-0.05, 0) is 31.5 Å². The van der Waals surface area contributed by atoms with E-state index in [-0.39, 0.29) is 5.56 Å². The number of hydrogen-bond donors (Lipinski definition) is 0. The molecule has 0 fully saturated rings. The molecule has 3 rings (SSSR count). The van der Waals surface area contributed by atoms with Gasteiger partial charge in [-0.2, -0.15) is 9.78 Å². The van der Waals surface area contributed by atoms with Gasteiger partial charge in [-0.3, -0.25) is 9.78 Å². The predicted molar refractivity (Wildman–Crippen MR) is 80.6 cm³/mol. The third kappa shape index (κ3) is 2.14. The molecule has 0 unspecified atom stereocenters. The Hall–Kier alpha value is -2.34. The first-order valence-corrected chi connectivity index (χ1v) is 6.91. The average molecular weight is 284 g/mol. The zero-order valence-electron chi connectivity index (χ0n) is 11.1. The first kappa shape index (κ1) is 12.7. The van der Waals surface area contributed by atoms with Crippen LogP contribution in [0.5, 0.6) is 0 Å². The van der Waals surface area contributed by atoms with Crippen molar-refractivity contribution >= 4 is 27.8 Å². The van der Waals surface area contributed by atoms with E-state index in [4.69, 9.17) is 0 Å². The van der Waals surface area contributed by atoms with Crippen LogP contribution in [0.1, 0.15) is 16.1 Å². The Labute approximate surface area is 119 Å².